The number of methoxy groups -OCH3 is 1. The van der Waals surface area contributed by atoms with E-state index in [4.69, 9.17) is 10.5 Å². The summed E-state index contributed by atoms with van der Waals surface area (Å²) in [4.78, 5) is 4.32. The number of aromatic nitrogens is 2. The summed E-state index contributed by atoms with van der Waals surface area (Å²) >= 11 is 0. The van der Waals surface area contributed by atoms with E-state index in [0.717, 1.165) is 29.1 Å². The molecule has 2 rings (SSSR count). The zero-order valence-electron chi connectivity index (χ0n) is 11.1. The fourth-order valence-electron chi connectivity index (χ4n) is 2.13. The number of nitrogens with two attached hydrogens (primary N) is 1. The molecule has 1 aromatic carbocycles. The molecule has 0 aliphatic carbocycles. The van der Waals surface area contributed by atoms with Crippen molar-refractivity contribution in [1.29, 1.82) is 0 Å². The molecule has 0 radical (unpaired) electrons. The standard InChI is InChI=1S/C14H19N3O/c1-4-10-5-6-13(18-3)11(7-10)14-12(8-15)16-9-17(14)2/h5-7,9H,4,8,15H2,1-3H3. The van der Waals surface area contributed by atoms with Crippen molar-refractivity contribution in [2.75, 3.05) is 7.11 Å². The van der Waals surface area contributed by atoms with Gasteiger partial charge in [0.2, 0.25) is 0 Å². The Morgan fingerprint density at radius 3 is 2.78 bits per heavy atom. The van der Waals surface area contributed by atoms with Crippen molar-refractivity contribution in [3.63, 3.8) is 0 Å². The summed E-state index contributed by atoms with van der Waals surface area (Å²) in [6.07, 6.45) is 2.78. The van der Waals surface area contributed by atoms with Gasteiger partial charge in [0, 0.05) is 19.2 Å². The first-order valence-electron chi connectivity index (χ1n) is 6.08. The van der Waals surface area contributed by atoms with Crippen LogP contribution in [-0.4, -0.2) is 16.7 Å². The molecule has 0 atom stereocenters. The van der Waals surface area contributed by atoms with E-state index in [0.29, 0.717) is 6.54 Å². The summed E-state index contributed by atoms with van der Waals surface area (Å²) in [5.74, 6) is 0.852. The zero-order chi connectivity index (χ0) is 13.1. The predicted octanol–water partition coefficient (Wildman–Crippen LogP) is 2.12. The molecule has 0 unspecified atom stereocenters. The van der Waals surface area contributed by atoms with Crippen molar-refractivity contribution in [3.05, 3.63) is 35.8 Å². The number of imidazole rings is 1. The molecule has 96 valence electrons. The lowest BCUT2D eigenvalue weighted by Crippen LogP contribution is -2.02. The Labute approximate surface area is 107 Å². The summed E-state index contributed by atoms with van der Waals surface area (Å²) < 4.78 is 7.43. The van der Waals surface area contributed by atoms with Gasteiger partial charge in [0.1, 0.15) is 5.75 Å². The molecule has 4 nitrogen and oxygen atoms in total. The van der Waals surface area contributed by atoms with Gasteiger partial charge in [-0.2, -0.15) is 0 Å². The highest BCUT2D eigenvalue weighted by molar-refractivity contribution is 5.70. The second-order valence-electron chi connectivity index (χ2n) is 4.24. The number of hydrogen-bond acceptors (Lipinski definition) is 3. The number of rotatable bonds is 4. The van der Waals surface area contributed by atoms with Crippen molar-refractivity contribution in [1.82, 2.24) is 9.55 Å². The Bertz CT molecular complexity index is 546. The van der Waals surface area contributed by atoms with Gasteiger partial charge in [-0.05, 0) is 24.1 Å². The Balaban J connectivity index is 2.64. The first-order chi connectivity index (χ1) is 8.71. The number of benzene rings is 1. The van der Waals surface area contributed by atoms with Crippen LogP contribution in [0.1, 0.15) is 18.2 Å². The summed E-state index contributed by atoms with van der Waals surface area (Å²) in [6, 6.07) is 6.23. The van der Waals surface area contributed by atoms with Gasteiger partial charge in [0.15, 0.2) is 0 Å². The normalized spacial score (nSPS) is 10.7. The average molecular weight is 245 g/mol. The summed E-state index contributed by atoms with van der Waals surface area (Å²) in [5.41, 5.74) is 10.00. The Morgan fingerprint density at radius 2 is 2.17 bits per heavy atom. The Kier molecular flexibility index (Phi) is 3.67. The van der Waals surface area contributed by atoms with Gasteiger partial charge in [-0.25, -0.2) is 4.98 Å². The molecule has 0 aliphatic heterocycles. The van der Waals surface area contributed by atoms with Crippen LogP contribution in [-0.2, 0) is 20.0 Å². The van der Waals surface area contributed by atoms with E-state index in [-0.39, 0.29) is 0 Å². The predicted molar refractivity (Wildman–Crippen MR) is 72.5 cm³/mol. The number of nitrogens with zero attached hydrogens (tertiary/aromatic N) is 2. The van der Waals surface area contributed by atoms with Crippen LogP contribution in [0, 0.1) is 0 Å². The van der Waals surface area contributed by atoms with Gasteiger partial charge in [0.05, 0.1) is 24.8 Å². The number of aryl methyl sites for hydroxylation is 2. The molecule has 4 heteroatoms. The number of ether oxygens (including phenoxy) is 1. The first kappa shape index (κ1) is 12.6. The van der Waals surface area contributed by atoms with E-state index in [9.17, 15) is 0 Å². The molecule has 0 saturated carbocycles. The lowest BCUT2D eigenvalue weighted by Gasteiger charge is -2.12. The molecule has 0 spiro atoms. The van der Waals surface area contributed by atoms with E-state index in [2.05, 4.69) is 24.0 Å². The molecule has 1 heterocycles. The van der Waals surface area contributed by atoms with Gasteiger partial charge >= 0.3 is 0 Å². The third kappa shape index (κ3) is 2.11. The highest BCUT2D eigenvalue weighted by Crippen LogP contribution is 2.32. The van der Waals surface area contributed by atoms with Crippen molar-refractivity contribution in [2.45, 2.75) is 19.9 Å². The molecule has 0 amide bonds. The average Bonchev–Trinajstić information content (AvgIpc) is 2.78. The second kappa shape index (κ2) is 5.23. The number of hydrogen-bond donors (Lipinski definition) is 1. The van der Waals surface area contributed by atoms with Gasteiger partial charge in [-0.1, -0.05) is 13.0 Å². The minimum absolute atomic E-state index is 0.426. The van der Waals surface area contributed by atoms with Crippen LogP contribution in [0.2, 0.25) is 0 Å². The molecular formula is C14H19N3O. The second-order valence-corrected chi connectivity index (χ2v) is 4.24. The molecule has 2 aromatic rings. The largest absolute Gasteiger partial charge is 0.496 e. The molecule has 0 bridgehead atoms. The van der Waals surface area contributed by atoms with Crippen LogP contribution in [0.3, 0.4) is 0 Å². The highest BCUT2D eigenvalue weighted by Gasteiger charge is 2.14. The maximum atomic E-state index is 5.75. The van der Waals surface area contributed by atoms with Crippen LogP contribution in [0.25, 0.3) is 11.3 Å². The topological polar surface area (TPSA) is 53.1 Å². The minimum Gasteiger partial charge on any atom is -0.496 e. The molecule has 18 heavy (non-hydrogen) atoms. The van der Waals surface area contributed by atoms with Crippen LogP contribution in [0.5, 0.6) is 5.75 Å². The quantitative estimate of drug-likeness (QED) is 0.897. The maximum Gasteiger partial charge on any atom is 0.128 e. The monoisotopic (exact) mass is 245 g/mol. The lowest BCUT2D eigenvalue weighted by molar-refractivity contribution is 0.416. The summed E-state index contributed by atoms with van der Waals surface area (Å²) in [6.45, 7) is 2.56. The van der Waals surface area contributed by atoms with E-state index in [1.807, 2.05) is 17.7 Å². The van der Waals surface area contributed by atoms with Crippen molar-refractivity contribution >= 4 is 0 Å². The van der Waals surface area contributed by atoms with Crippen molar-refractivity contribution in [2.24, 2.45) is 12.8 Å². The van der Waals surface area contributed by atoms with Crippen molar-refractivity contribution in [3.8, 4) is 17.0 Å². The fourth-order valence-corrected chi connectivity index (χ4v) is 2.13. The maximum absolute atomic E-state index is 5.75. The minimum atomic E-state index is 0.426. The molecular weight excluding hydrogens is 226 g/mol. The fraction of sp³-hybridized carbons (Fsp3) is 0.357. The molecule has 0 saturated heterocycles. The van der Waals surface area contributed by atoms with Gasteiger partial charge in [0.25, 0.3) is 0 Å². The summed E-state index contributed by atoms with van der Waals surface area (Å²) in [5, 5.41) is 0. The van der Waals surface area contributed by atoms with Gasteiger partial charge in [-0.3, -0.25) is 0 Å². The highest BCUT2D eigenvalue weighted by atomic mass is 16.5. The van der Waals surface area contributed by atoms with E-state index < -0.39 is 0 Å². The van der Waals surface area contributed by atoms with Crippen molar-refractivity contribution < 1.29 is 4.74 Å². The SMILES string of the molecule is CCc1ccc(OC)c(-c2c(CN)ncn2C)c1. The summed E-state index contributed by atoms with van der Waals surface area (Å²) in [7, 11) is 3.66. The zero-order valence-corrected chi connectivity index (χ0v) is 11.1. The molecule has 0 fully saturated rings. The lowest BCUT2D eigenvalue weighted by atomic mass is 10.0. The van der Waals surface area contributed by atoms with E-state index in [1.165, 1.54) is 5.56 Å². The molecule has 0 aliphatic rings. The molecule has 2 N–H and O–H groups in total. The van der Waals surface area contributed by atoms with Crippen LogP contribution < -0.4 is 10.5 Å². The van der Waals surface area contributed by atoms with Crippen LogP contribution in [0.15, 0.2) is 24.5 Å². The van der Waals surface area contributed by atoms with E-state index >= 15 is 0 Å². The smallest absolute Gasteiger partial charge is 0.128 e. The third-order valence-electron chi connectivity index (χ3n) is 3.13. The Hall–Kier alpha value is -1.81. The van der Waals surface area contributed by atoms with Gasteiger partial charge in [-0.15, -0.1) is 0 Å². The van der Waals surface area contributed by atoms with Crippen LogP contribution in [0.4, 0.5) is 0 Å². The van der Waals surface area contributed by atoms with Gasteiger partial charge < -0.3 is 15.0 Å². The first-order valence-corrected chi connectivity index (χ1v) is 6.08. The third-order valence-corrected chi connectivity index (χ3v) is 3.13. The molecule has 1 aromatic heterocycles. The Morgan fingerprint density at radius 1 is 1.39 bits per heavy atom. The van der Waals surface area contributed by atoms with E-state index in [1.54, 1.807) is 13.4 Å². The van der Waals surface area contributed by atoms with Crippen LogP contribution >= 0.6 is 0 Å².